The van der Waals surface area contributed by atoms with Crippen molar-refractivity contribution in [2.45, 2.75) is 13.8 Å². The quantitative estimate of drug-likeness (QED) is 0.768. The van der Waals surface area contributed by atoms with Gasteiger partial charge in [0.2, 0.25) is 5.91 Å². The third-order valence-corrected chi connectivity index (χ3v) is 3.61. The number of hydrogen-bond acceptors (Lipinski definition) is 5. The molecule has 2 rings (SSSR count). The zero-order valence-electron chi connectivity index (χ0n) is 14.8. The van der Waals surface area contributed by atoms with Crippen LogP contribution in [0.1, 0.15) is 34.6 Å². The standard InChI is InChI=1S/C19H21N3O4/c1-3-26-19(25)15-6-8-17(9-7-15)22(14(2)23)12-11-21-18(24)16-5-4-10-20-13-16/h4-10,13H,3,11-12H2,1-2H3,(H,21,24). The maximum absolute atomic E-state index is 12.0. The first-order chi connectivity index (χ1) is 12.5. The third-order valence-electron chi connectivity index (χ3n) is 3.61. The fourth-order valence-electron chi connectivity index (χ4n) is 2.34. The van der Waals surface area contributed by atoms with Crippen LogP contribution in [0.2, 0.25) is 0 Å². The van der Waals surface area contributed by atoms with Crippen LogP contribution in [0.3, 0.4) is 0 Å². The van der Waals surface area contributed by atoms with E-state index in [0.717, 1.165) is 0 Å². The largest absolute Gasteiger partial charge is 0.462 e. The van der Waals surface area contributed by atoms with Crippen LogP contribution in [0.5, 0.6) is 0 Å². The van der Waals surface area contributed by atoms with Crippen molar-refractivity contribution in [3.8, 4) is 0 Å². The van der Waals surface area contributed by atoms with E-state index in [9.17, 15) is 14.4 Å². The summed E-state index contributed by atoms with van der Waals surface area (Å²) < 4.78 is 4.94. The smallest absolute Gasteiger partial charge is 0.338 e. The van der Waals surface area contributed by atoms with Crippen molar-refractivity contribution in [2.24, 2.45) is 0 Å². The Morgan fingerprint density at radius 1 is 1.12 bits per heavy atom. The number of ether oxygens (including phenoxy) is 1. The number of carbonyl (C=O) groups excluding carboxylic acids is 3. The lowest BCUT2D eigenvalue weighted by Crippen LogP contribution is -2.37. The molecule has 1 aromatic carbocycles. The molecule has 0 aliphatic rings. The van der Waals surface area contributed by atoms with Crippen molar-refractivity contribution in [1.29, 1.82) is 0 Å². The SMILES string of the molecule is CCOC(=O)c1ccc(N(CCNC(=O)c2cccnc2)C(C)=O)cc1. The fraction of sp³-hybridized carbons (Fsp3) is 0.263. The Morgan fingerprint density at radius 3 is 2.42 bits per heavy atom. The molecule has 1 heterocycles. The Balaban J connectivity index is 1.97. The highest BCUT2D eigenvalue weighted by atomic mass is 16.5. The van der Waals surface area contributed by atoms with Gasteiger partial charge in [0.1, 0.15) is 0 Å². The molecule has 2 aromatic rings. The number of pyridine rings is 1. The molecule has 1 N–H and O–H groups in total. The molecule has 0 fully saturated rings. The van der Waals surface area contributed by atoms with Crippen LogP contribution in [0.25, 0.3) is 0 Å². The Morgan fingerprint density at radius 2 is 1.85 bits per heavy atom. The Labute approximate surface area is 152 Å². The molecular formula is C19H21N3O4. The Bertz CT molecular complexity index is 760. The minimum atomic E-state index is -0.405. The van der Waals surface area contributed by atoms with E-state index in [4.69, 9.17) is 4.74 Å². The van der Waals surface area contributed by atoms with Gasteiger partial charge in [0, 0.05) is 38.1 Å². The van der Waals surface area contributed by atoms with E-state index in [1.54, 1.807) is 49.5 Å². The first-order valence-corrected chi connectivity index (χ1v) is 8.26. The van der Waals surface area contributed by atoms with Gasteiger partial charge in [-0.3, -0.25) is 14.6 Å². The summed E-state index contributed by atoms with van der Waals surface area (Å²) in [5, 5.41) is 2.75. The molecule has 0 bridgehead atoms. The lowest BCUT2D eigenvalue weighted by molar-refractivity contribution is -0.116. The summed E-state index contributed by atoms with van der Waals surface area (Å²) in [6.45, 7) is 4.08. The number of rotatable bonds is 7. The van der Waals surface area contributed by atoms with E-state index < -0.39 is 5.97 Å². The summed E-state index contributed by atoms with van der Waals surface area (Å²) in [5.41, 5.74) is 1.52. The van der Waals surface area contributed by atoms with Gasteiger partial charge in [-0.2, -0.15) is 0 Å². The van der Waals surface area contributed by atoms with Crippen molar-refractivity contribution in [2.75, 3.05) is 24.6 Å². The van der Waals surface area contributed by atoms with Gasteiger partial charge >= 0.3 is 5.97 Å². The predicted octanol–water partition coefficient (Wildman–Crippen LogP) is 2.04. The number of aromatic nitrogens is 1. The predicted molar refractivity (Wildman–Crippen MR) is 97.0 cm³/mol. The van der Waals surface area contributed by atoms with Crippen molar-refractivity contribution in [1.82, 2.24) is 10.3 Å². The van der Waals surface area contributed by atoms with Crippen LogP contribution in [-0.4, -0.2) is 42.5 Å². The number of carbonyl (C=O) groups is 3. The first kappa shape index (κ1) is 19.1. The molecule has 7 heteroatoms. The number of nitrogens with zero attached hydrogens (tertiary/aromatic N) is 2. The van der Waals surface area contributed by atoms with Crippen LogP contribution >= 0.6 is 0 Å². The molecule has 0 spiro atoms. The molecule has 136 valence electrons. The molecule has 0 aliphatic carbocycles. The van der Waals surface area contributed by atoms with Crippen LogP contribution in [0.4, 0.5) is 5.69 Å². The number of benzene rings is 1. The van der Waals surface area contributed by atoms with Crippen molar-refractivity contribution in [3.05, 3.63) is 59.9 Å². The Hall–Kier alpha value is -3.22. The zero-order chi connectivity index (χ0) is 18.9. The van der Waals surface area contributed by atoms with Gasteiger partial charge in [-0.1, -0.05) is 0 Å². The summed E-state index contributed by atoms with van der Waals surface area (Å²) in [5.74, 6) is -0.819. The minimum Gasteiger partial charge on any atom is -0.462 e. The number of esters is 1. The van der Waals surface area contributed by atoms with Crippen molar-refractivity contribution >= 4 is 23.5 Å². The average Bonchev–Trinajstić information content (AvgIpc) is 2.66. The van der Waals surface area contributed by atoms with Gasteiger partial charge in [0.15, 0.2) is 0 Å². The molecule has 1 aromatic heterocycles. The minimum absolute atomic E-state index is 0.162. The normalized spacial score (nSPS) is 10.1. The summed E-state index contributed by atoms with van der Waals surface area (Å²) >= 11 is 0. The van der Waals surface area contributed by atoms with E-state index in [2.05, 4.69) is 10.3 Å². The van der Waals surface area contributed by atoms with E-state index in [1.807, 2.05) is 0 Å². The number of hydrogen-bond donors (Lipinski definition) is 1. The van der Waals surface area contributed by atoms with Gasteiger partial charge in [-0.05, 0) is 43.3 Å². The lowest BCUT2D eigenvalue weighted by atomic mass is 10.2. The number of anilines is 1. The third kappa shape index (κ3) is 5.14. The van der Waals surface area contributed by atoms with Gasteiger partial charge in [-0.25, -0.2) is 4.79 Å². The molecule has 0 unspecified atom stereocenters. The van der Waals surface area contributed by atoms with Crippen LogP contribution in [-0.2, 0) is 9.53 Å². The molecule has 0 saturated heterocycles. The molecule has 0 atom stereocenters. The number of nitrogens with one attached hydrogen (secondary N) is 1. The lowest BCUT2D eigenvalue weighted by Gasteiger charge is -2.21. The van der Waals surface area contributed by atoms with Gasteiger partial charge < -0.3 is 15.0 Å². The van der Waals surface area contributed by atoms with Gasteiger partial charge in [0.05, 0.1) is 17.7 Å². The molecule has 0 radical (unpaired) electrons. The van der Waals surface area contributed by atoms with Crippen molar-refractivity contribution in [3.63, 3.8) is 0 Å². The fourth-order valence-corrected chi connectivity index (χ4v) is 2.34. The van der Waals surface area contributed by atoms with E-state index >= 15 is 0 Å². The average molecular weight is 355 g/mol. The number of amides is 2. The molecule has 0 aliphatic heterocycles. The van der Waals surface area contributed by atoms with Crippen LogP contribution in [0.15, 0.2) is 48.8 Å². The molecule has 0 saturated carbocycles. The topological polar surface area (TPSA) is 88.6 Å². The highest BCUT2D eigenvalue weighted by Crippen LogP contribution is 2.16. The second-order valence-corrected chi connectivity index (χ2v) is 5.44. The van der Waals surface area contributed by atoms with Crippen molar-refractivity contribution < 1.29 is 19.1 Å². The van der Waals surface area contributed by atoms with Crippen LogP contribution < -0.4 is 10.2 Å². The maximum Gasteiger partial charge on any atom is 0.338 e. The monoisotopic (exact) mass is 355 g/mol. The second kappa shape index (κ2) is 9.31. The summed E-state index contributed by atoms with van der Waals surface area (Å²) in [7, 11) is 0. The molecule has 2 amide bonds. The highest BCUT2D eigenvalue weighted by Gasteiger charge is 2.14. The summed E-state index contributed by atoms with van der Waals surface area (Å²) in [6.07, 6.45) is 3.07. The second-order valence-electron chi connectivity index (χ2n) is 5.44. The molecule has 26 heavy (non-hydrogen) atoms. The van der Waals surface area contributed by atoms with E-state index in [-0.39, 0.29) is 18.4 Å². The summed E-state index contributed by atoms with van der Waals surface area (Å²) in [6, 6.07) is 9.92. The highest BCUT2D eigenvalue weighted by molar-refractivity contribution is 5.95. The Kier molecular flexibility index (Phi) is 6.84. The first-order valence-electron chi connectivity index (χ1n) is 8.26. The van der Waals surface area contributed by atoms with Crippen LogP contribution in [0, 0.1) is 0 Å². The molecule has 7 nitrogen and oxygen atoms in total. The van der Waals surface area contributed by atoms with E-state index in [1.165, 1.54) is 18.0 Å². The summed E-state index contributed by atoms with van der Waals surface area (Å²) in [4.78, 5) is 41.0. The molecular weight excluding hydrogens is 334 g/mol. The van der Waals surface area contributed by atoms with Gasteiger partial charge in [0.25, 0.3) is 5.91 Å². The van der Waals surface area contributed by atoms with Gasteiger partial charge in [-0.15, -0.1) is 0 Å². The van der Waals surface area contributed by atoms with E-state index in [0.29, 0.717) is 30.0 Å². The maximum atomic E-state index is 12.0. The zero-order valence-corrected chi connectivity index (χ0v) is 14.8.